The summed E-state index contributed by atoms with van der Waals surface area (Å²) >= 11 is 5.97. The summed E-state index contributed by atoms with van der Waals surface area (Å²) in [4.78, 5) is 24.8. The van der Waals surface area contributed by atoms with Gasteiger partial charge in [-0.1, -0.05) is 17.7 Å². The highest BCUT2D eigenvalue weighted by Gasteiger charge is 2.42. The van der Waals surface area contributed by atoms with Crippen molar-refractivity contribution in [3.05, 3.63) is 34.6 Å². The maximum atomic E-state index is 13.8. The molecular weight excluding hydrogens is 311 g/mol. The molecule has 2 N–H and O–H groups in total. The van der Waals surface area contributed by atoms with Gasteiger partial charge in [0.05, 0.1) is 11.5 Å². The van der Waals surface area contributed by atoms with Crippen LogP contribution < -0.4 is 5.32 Å². The fourth-order valence-electron chi connectivity index (χ4n) is 2.58. The van der Waals surface area contributed by atoms with Crippen LogP contribution in [0.2, 0.25) is 5.02 Å². The second kappa shape index (κ2) is 6.12. The zero-order valence-corrected chi connectivity index (χ0v) is 13.2. The first-order chi connectivity index (χ1) is 10.2. The number of aliphatic carboxylic acids is 1. The second-order valence-electron chi connectivity index (χ2n) is 5.84. The molecule has 1 fully saturated rings. The van der Waals surface area contributed by atoms with Crippen molar-refractivity contribution in [3.63, 3.8) is 0 Å². The van der Waals surface area contributed by atoms with Crippen LogP contribution in [0.25, 0.3) is 0 Å². The van der Waals surface area contributed by atoms with Gasteiger partial charge < -0.3 is 15.3 Å². The lowest BCUT2D eigenvalue weighted by atomic mass is 9.90. The maximum Gasteiger partial charge on any atom is 0.317 e. The molecule has 0 radical (unpaired) electrons. The van der Waals surface area contributed by atoms with Crippen LogP contribution in [0.5, 0.6) is 0 Å². The molecule has 5 nitrogen and oxygen atoms in total. The molecule has 1 aliphatic rings. The maximum absolute atomic E-state index is 13.8. The van der Waals surface area contributed by atoms with Crippen LogP contribution in [0.1, 0.15) is 31.9 Å². The van der Waals surface area contributed by atoms with Crippen molar-refractivity contribution in [1.29, 1.82) is 0 Å². The molecule has 1 saturated heterocycles. The van der Waals surface area contributed by atoms with Gasteiger partial charge in [0.1, 0.15) is 5.82 Å². The summed E-state index contributed by atoms with van der Waals surface area (Å²) in [6, 6.07) is 3.30. The summed E-state index contributed by atoms with van der Waals surface area (Å²) in [5, 5.41) is 12.1. The van der Waals surface area contributed by atoms with Crippen molar-refractivity contribution in [2.75, 3.05) is 13.1 Å². The van der Waals surface area contributed by atoms with Crippen molar-refractivity contribution >= 4 is 23.6 Å². The fraction of sp³-hybridized carbons (Fsp3) is 0.467. The van der Waals surface area contributed by atoms with Gasteiger partial charge in [-0.05, 0) is 32.4 Å². The highest BCUT2D eigenvalue weighted by Crippen LogP contribution is 2.31. The predicted molar refractivity (Wildman–Crippen MR) is 80.3 cm³/mol. The van der Waals surface area contributed by atoms with Gasteiger partial charge in [-0.15, -0.1) is 0 Å². The minimum atomic E-state index is -0.934. The van der Waals surface area contributed by atoms with Gasteiger partial charge in [0.15, 0.2) is 0 Å². The second-order valence-corrected chi connectivity index (χ2v) is 6.25. The molecule has 0 saturated carbocycles. The molecule has 22 heavy (non-hydrogen) atoms. The molecule has 0 aliphatic carbocycles. The summed E-state index contributed by atoms with van der Waals surface area (Å²) < 4.78 is 13.8. The Morgan fingerprint density at radius 1 is 1.50 bits per heavy atom. The highest BCUT2D eigenvalue weighted by molar-refractivity contribution is 6.31. The average molecular weight is 329 g/mol. The molecule has 2 unspecified atom stereocenters. The van der Waals surface area contributed by atoms with Gasteiger partial charge in [-0.25, -0.2) is 9.18 Å². The molecule has 0 bridgehead atoms. The van der Waals surface area contributed by atoms with Gasteiger partial charge in [-0.2, -0.15) is 0 Å². The van der Waals surface area contributed by atoms with Crippen LogP contribution in [-0.4, -0.2) is 35.1 Å². The molecular formula is C15H18ClFN2O3. The number of carboxylic acids is 1. The van der Waals surface area contributed by atoms with Crippen LogP contribution >= 0.6 is 11.6 Å². The number of hydrogen-bond acceptors (Lipinski definition) is 2. The molecule has 7 heteroatoms. The van der Waals surface area contributed by atoms with E-state index in [1.807, 2.05) is 0 Å². The number of carboxylic acid groups (broad SMARTS) is 1. The van der Waals surface area contributed by atoms with E-state index in [0.717, 1.165) is 0 Å². The van der Waals surface area contributed by atoms with E-state index in [9.17, 15) is 19.1 Å². The first kappa shape index (κ1) is 16.5. The Bertz CT molecular complexity index is 590. The average Bonchev–Trinajstić information content (AvgIpc) is 2.82. The lowest BCUT2D eigenvalue weighted by Gasteiger charge is -2.23. The third-order valence-corrected chi connectivity index (χ3v) is 4.38. The van der Waals surface area contributed by atoms with Crippen LogP contribution in [0.3, 0.4) is 0 Å². The van der Waals surface area contributed by atoms with E-state index in [-0.39, 0.29) is 17.1 Å². The predicted octanol–water partition coefficient (Wildman–Crippen LogP) is 3.05. The molecule has 0 spiro atoms. The van der Waals surface area contributed by atoms with Crippen molar-refractivity contribution in [2.24, 2.45) is 5.41 Å². The number of nitrogens with zero attached hydrogens (tertiary/aromatic N) is 1. The molecule has 2 rings (SSSR count). The Morgan fingerprint density at radius 3 is 2.73 bits per heavy atom. The number of benzene rings is 1. The minimum Gasteiger partial charge on any atom is -0.481 e. The number of nitrogens with one attached hydrogen (secondary N) is 1. The van der Waals surface area contributed by atoms with E-state index >= 15 is 0 Å². The Kier molecular flexibility index (Phi) is 4.60. The lowest BCUT2D eigenvalue weighted by Crippen LogP contribution is -2.42. The van der Waals surface area contributed by atoms with E-state index < -0.39 is 29.3 Å². The van der Waals surface area contributed by atoms with Crippen LogP contribution in [0, 0.1) is 11.2 Å². The van der Waals surface area contributed by atoms with Crippen LogP contribution in [0.4, 0.5) is 9.18 Å². The van der Waals surface area contributed by atoms with E-state index in [1.54, 1.807) is 19.9 Å². The summed E-state index contributed by atoms with van der Waals surface area (Å²) in [6.45, 7) is 3.73. The topological polar surface area (TPSA) is 69.6 Å². The third kappa shape index (κ3) is 3.16. The van der Waals surface area contributed by atoms with Gasteiger partial charge in [0.2, 0.25) is 0 Å². The van der Waals surface area contributed by atoms with E-state index in [2.05, 4.69) is 5.32 Å². The number of hydrogen-bond donors (Lipinski definition) is 2. The smallest absolute Gasteiger partial charge is 0.317 e. The lowest BCUT2D eigenvalue weighted by molar-refractivity contribution is -0.146. The molecule has 1 aromatic carbocycles. The van der Waals surface area contributed by atoms with Gasteiger partial charge in [0, 0.05) is 23.7 Å². The van der Waals surface area contributed by atoms with Gasteiger partial charge >= 0.3 is 12.0 Å². The third-order valence-electron chi connectivity index (χ3n) is 4.05. The largest absolute Gasteiger partial charge is 0.481 e. The normalized spacial score (nSPS) is 22.5. The Balaban J connectivity index is 2.05. The van der Waals surface area contributed by atoms with Crippen LogP contribution in [0.15, 0.2) is 18.2 Å². The zero-order valence-electron chi connectivity index (χ0n) is 12.4. The van der Waals surface area contributed by atoms with Crippen LogP contribution in [-0.2, 0) is 4.79 Å². The minimum absolute atomic E-state index is 0.131. The summed E-state index contributed by atoms with van der Waals surface area (Å²) in [5.74, 6) is -1.41. The van der Waals surface area contributed by atoms with E-state index in [4.69, 9.17) is 11.6 Å². The van der Waals surface area contributed by atoms with Crippen molar-refractivity contribution < 1.29 is 19.1 Å². The standard InChI is InChI=1S/C15H18ClFN2O3/c1-9(12-10(16)4-3-5-11(12)17)18-14(22)19-7-6-15(2,8-19)13(20)21/h3-5,9H,6-8H2,1-2H3,(H,18,22)(H,20,21). The number of amides is 2. The molecule has 2 amide bonds. The van der Waals surface area contributed by atoms with Crippen molar-refractivity contribution in [2.45, 2.75) is 26.3 Å². The number of rotatable bonds is 3. The molecule has 120 valence electrons. The zero-order chi connectivity index (χ0) is 16.5. The van der Waals surface area contributed by atoms with Crippen molar-refractivity contribution in [1.82, 2.24) is 10.2 Å². The SMILES string of the molecule is CC(NC(=O)N1CCC(C)(C(=O)O)C1)c1c(F)cccc1Cl. The summed E-state index contributed by atoms with van der Waals surface area (Å²) in [7, 11) is 0. The first-order valence-electron chi connectivity index (χ1n) is 6.97. The van der Waals surface area contributed by atoms with E-state index in [0.29, 0.717) is 13.0 Å². The molecule has 1 aromatic rings. The Labute approximate surface area is 133 Å². The molecule has 0 aromatic heterocycles. The van der Waals surface area contributed by atoms with Crippen molar-refractivity contribution in [3.8, 4) is 0 Å². The molecule has 1 heterocycles. The number of likely N-dealkylation sites (tertiary alicyclic amines) is 1. The van der Waals surface area contributed by atoms with E-state index in [1.165, 1.54) is 17.0 Å². The number of urea groups is 1. The fourth-order valence-corrected chi connectivity index (χ4v) is 2.91. The summed E-state index contributed by atoms with van der Waals surface area (Å²) in [6.07, 6.45) is 0.393. The Morgan fingerprint density at radius 2 is 2.18 bits per heavy atom. The number of carbonyl (C=O) groups excluding carboxylic acids is 1. The Hall–Kier alpha value is -1.82. The number of halogens is 2. The molecule has 2 atom stereocenters. The van der Waals surface area contributed by atoms with Gasteiger partial charge in [-0.3, -0.25) is 4.79 Å². The van der Waals surface area contributed by atoms with Gasteiger partial charge in [0.25, 0.3) is 0 Å². The first-order valence-corrected chi connectivity index (χ1v) is 7.35. The quantitative estimate of drug-likeness (QED) is 0.896. The summed E-state index contributed by atoms with van der Waals surface area (Å²) in [5.41, 5.74) is -0.714. The monoisotopic (exact) mass is 328 g/mol. The highest BCUT2D eigenvalue weighted by atomic mass is 35.5. The number of carbonyl (C=O) groups is 2. The molecule has 1 aliphatic heterocycles.